The second-order valence-electron chi connectivity index (χ2n) is 3.42. The highest BCUT2D eigenvalue weighted by molar-refractivity contribution is 5.92. The Morgan fingerprint density at radius 1 is 1.50 bits per heavy atom. The number of para-hydroxylation sites is 1. The monoisotopic (exact) mass is 217 g/mol. The quantitative estimate of drug-likeness (QED) is 0.843. The molecule has 0 bridgehead atoms. The van der Waals surface area contributed by atoms with Gasteiger partial charge >= 0.3 is 6.03 Å². The van der Waals surface area contributed by atoms with E-state index < -0.39 is 0 Å². The number of amides is 2. The van der Waals surface area contributed by atoms with E-state index in [0.717, 1.165) is 6.42 Å². The molecule has 0 unspecified atom stereocenters. The van der Waals surface area contributed by atoms with Crippen LogP contribution >= 0.6 is 0 Å². The van der Waals surface area contributed by atoms with Crippen LogP contribution in [0.2, 0.25) is 0 Å². The zero-order chi connectivity index (χ0) is 12.0. The number of rotatable bonds is 3. The van der Waals surface area contributed by atoms with E-state index in [-0.39, 0.29) is 6.03 Å². The zero-order valence-electron chi connectivity index (χ0n) is 9.53. The summed E-state index contributed by atoms with van der Waals surface area (Å²) >= 11 is 0. The van der Waals surface area contributed by atoms with Gasteiger partial charge in [0.1, 0.15) is 6.07 Å². The van der Waals surface area contributed by atoms with Crippen LogP contribution in [0.5, 0.6) is 0 Å². The second kappa shape index (κ2) is 5.76. The lowest BCUT2D eigenvalue weighted by Gasteiger charge is -2.18. The van der Waals surface area contributed by atoms with Gasteiger partial charge in [-0.3, -0.25) is 4.90 Å². The molecule has 16 heavy (non-hydrogen) atoms. The van der Waals surface area contributed by atoms with Gasteiger partial charge in [0.05, 0.1) is 11.3 Å². The summed E-state index contributed by atoms with van der Waals surface area (Å²) in [5, 5.41) is 11.7. The van der Waals surface area contributed by atoms with Crippen LogP contribution in [0.25, 0.3) is 0 Å². The Kier molecular flexibility index (Phi) is 4.34. The van der Waals surface area contributed by atoms with Gasteiger partial charge in [0.2, 0.25) is 0 Å². The molecular formula is C12H15N3O. The lowest BCUT2D eigenvalue weighted by Crippen LogP contribution is -2.37. The van der Waals surface area contributed by atoms with Crippen molar-refractivity contribution in [1.82, 2.24) is 5.32 Å². The van der Waals surface area contributed by atoms with E-state index >= 15 is 0 Å². The Bertz CT molecular complexity index is 409. The van der Waals surface area contributed by atoms with Crippen LogP contribution in [0.15, 0.2) is 24.3 Å². The molecule has 0 spiro atoms. The molecule has 1 N–H and O–H groups in total. The van der Waals surface area contributed by atoms with E-state index in [1.807, 2.05) is 6.92 Å². The minimum Gasteiger partial charge on any atom is -0.338 e. The zero-order valence-corrected chi connectivity index (χ0v) is 9.53. The number of hydrogen-bond acceptors (Lipinski definition) is 2. The first-order valence-corrected chi connectivity index (χ1v) is 5.21. The van der Waals surface area contributed by atoms with Crippen LogP contribution in [0.3, 0.4) is 0 Å². The Hall–Kier alpha value is -2.02. The van der Waals surface area contributed by atoms with Crippen molar-refractivity contribution in [3.05, 3.63) is 29.8 Å². The summed E-state index contributed by atoms with van der Waals surface area (Å²) in [6.07, 6.45) is 0.888. The molecule has 84 valence electrons. The van der Waals surface area contributed by atoms with Gasteiger partial charge < -0.3 is 5.32 Å². The maximum Gasteiger partial charge on any atom is 0.321 e. The molecule has 1 rings (SSSR count). The molecule has 0 atom stereocenters. The van der Waals surface area contributed by atoms with E-state index in [9.17, 15) is 4.79 Å². The van der Waals surface area contributed by atoms with E-state index in [2.05, 4.69) is 11.4 Å². The molecule has 2 amide bonds. The standard InChI is InChI=1S/C12H15N3O/c1-3-8-14-12(16)15(2)11-7-5-4-6-10(11)9-13/h4-7H,3,8H2,1-2H3,(H,14,16). The number of carbonyl (C=O) groups excluding carboxylic acids is 1. The van der Waals surface area contributed by atoms with E-state index in [1.165, 1.54) is 4.90 Å². The molecule has 0 saturated heterocycles. The summed E-state index contributed by atoms with van der Waals surface area (Å²) in [7, 11) is 1.65. The molecule has 1 aromatic rings. The van der Waals surface area contributed by atoms with Crippen LogP contribution in [0.1, 0.15) is 18.9 Å². The third-order valence-corrected chi connectivity index (χ3v) is 2.22. The van der Waals surface area contributed by atoms with Gasteiger partial charge in [-0.25, -0.2) is 4.79 Å². The number of carbonyl (C=O) groups is 1. The SMILES string of the molecule is CCCNC(=O)N(C)c1ccccc1C#N. The number of nitrogens with one attached hydrogen (secondary N) is 1. The molecule has 0 saturated carbocycles. The first-order valence-electron chi connectivity index (χ1n) is 5.21. The molecule has 0 fully saturated rings. The van der Waals surface area contributed by atoms with E-state index in [1.54, 1.807) is 31.3 Å². The second-order valence-corrected chi connectivity index (χ2v) is 3.42. The minimum atomic E-state index is -0.190. The average Bonchev–Trinajstić information content (AvgIpc) is 2.34. The summed E-state index contributed by atoms with van der Waals surface area (Å²) in [6.45, 7) is 2.63. The maximum atomic E-state index is 11.7. The van der Waals surface area contributed by atoms with Crippen LogP contribution < -0.4 is 10.2 Å². The number of nitriles is 1. The Morgan fingerprint density at radius 2 is 2.19 bits per heavy atom. The highest BCUT2D eigenvalue weighted by Gasteiger charge is 2.12. The summed E-state index contributed by atoms with van der Waals surface area (Å²) in [5.74, 6) is 0. The van der Waals surface area contributed by atoms with Gasteiger partial charge in [-0.15, -0.1) is 0 Å². The van der Waals surface area contributed by atoms with Crippen molar-refractivity contribution in [2.75, 3.05) is 18.5 Å². The maximum absolute atomic E-state index is 11.7. The highest BCUT2D eigenvalue weighted by Crippen LogP contribution is 2.17. The molecule has 0 aliphatic heterocycles. The van der Waals surface area contributed by atoms with Crippen molar-refractivity contribution in [1.29, 1.82) is 5.26 Å². The Balaban J connectivity index is 2.84. The van der Waals surface area contributed by atoms with Crippen LogP contribution in [-0.4, -0.2) is 19.6 Å². The summed E-state index contributed by atoms with van der Waals surface area (Å²) in [4.78, 5) is 13.1. The average molecular weight is 217 g/mol. The number of nitrogens with zero attached hydrogens (tertiary/aromatic N) is 2. The molecule has 0 radical (unpaired) electrons. The first-order chi connectivity index (χ1) is 7.70. The predicted molar refractivity (Wildman–Crippen MR) is 63.2 cm³/mol. The van der Waals surface area contributed by atoms with Crippen LogP contribution in [-0.2, 0) is 0 Å². The first kappa shape index (κ1) is 12.1. The summed E-state index contributed by atoms with van der Waals surface area (Å²) in [6, 6.07) is 8.91. The van der Waals surface area contributed by atoms with Gasteiger partial charge in [0.25, 0.3) is 0 Å². The molecule has 0 aromatic heterocycles. The molecule has 1 aromatic carbocycles. The lowest BCUT2D eigenvalue weighted by molar-refractivity contribution is 0.247. The smallest absolute Gasteiger partial charge is 0.321 e. The number of benzene rings is 1. The number of anilines is 1. The highest BCUT2D eigenvalue weighted by atomic mass is 16.2. The third kappa shape index (κ3) is 2.74. The molecule has 0 heterocycles. The van der Waals surface area contributed by atoms with Crippen molar-refractivity contribution in [2.45, 2.75) is 13.3 Å². The molecule has 0 aliphatic carbocycles. The molecule has 4 nitrogen and oxygen atoms in total. The van der Waals surface area contributed by atoms with Crippen LogP contribution in [0, 0.1) is 11.3 Å². The lowest BCUT2D eigenvalue weighted by atomic mass is 10.2. The Morgan fingerprint density at radius 3 is 2.81 bits per heavy atom. The fourth-order valence-corrected chi connectivity index (χ4v) is 1.32. The van der Waals surface area contributed by atoms with Crippen molar-refractivity contribution in [3.8, 4) is 6.07 Å². The van der Waals surface area contributed by atoms with Gasteiger partial charge in [-0.1, -0.05) is 19.1 Å². The van der Waals surface area contributed by atoms with Crippen LogP contribution in [0.4, 0.5) is 10.5 Å². The van der Waals surface area contributed by atoms with E-state index in [4.69, 9.17) is 5.26 Å². The van der Waals surface area contributed by atoms with Crippen molar-refractivity contribution in [3.63, 3.8) is 0 Å². The van der Waals surface area contributed by atoms with Gasteiger partial charge in [0, 0.05) is 13.6 Å². The predicted octanol–water partition coefficient (Wildman–Crippen LogP) is 2.11. The number of urea groups is 1. The fourth-order valence-electron chi connectivity index (χ4n) is 1.32. The molecule has 4 heteroatoms. The summed E-state index contributed by atoms with van der Waals surface area (Å²) < 4.78 is 0. The minimum absolute atomic E-state index is 0.190. The van der Waals surface area contributed by atoms with Crippen molar-refractivity contribution < 1.29 is 4.79 Å². The molecular weight excluding hydrogens is 202 g/mol. The van der Waals surface area contributed by atoms with Gasteiger partial charge in [-0.05, 0) is 18.6 Å². The Labute approximate surface area is 95.5 Å². The normalized spacial score (nSPS) is 9.31. The number of hydrogen-bond donors (Lipinski definition) is 1. The van der Waals surface area contributed by atoms with Crippen molar-refractivity contribution in [2.24, 2.45) is 0 Å². The van der Waals surface area contributed by atoms with E-state index in [0.29, 0.717) is 17.8 Å². The van der Waals surface area contributed by atoms with Gasteiger partial charge in [-0.2, -0.15) is 5.26 Å². The van der Waals surface area contributed by atoms with Gasteiger partial charge in [0.15, 0.2) is 0 Å². The molecule has 0 aliphatic rings. The largest absolute Gasteiger partial charge is 0.338 e. The third-order valence-electron chi connectivity index (χ3n) is 2.22. The topological polar surface area (TPSA) is 56.1 Å². The van der Waals surface area contributed by atoms with Crippen molar-refractivity contribution >= 4 is 11.7 Å². The summed E-state index contributed by atoms with van der Waals surface area (Å²) in [5.41, 5.74) is 1.12. The fraction of sp³-hybridized carbons (Fsp3) is 0.333.